The minimum absolute atomic E-state index is 0.328. The largest absolute Gasteiger partial charge is 0.309 e. The fraction of sp³-hybridized carbons (Fsp3) is 0.0185. The van der Waals surface area contributed by atoms with Crippen LogP contribution >= 0.6 is 11.8 Å². The van der Waals surface area contributed by atoms with E-state index in [0.29, 0.717) is 40.0 Å². The van der Waals surface area contributed by atoms with Gasteiger partial charge in [-0.25, -0.2) is 19.8 Å². The van der Waals surface area contributed by atoms with E-state index in [1.807, 2.05) is 84.6 Å². The van der Waals surface area contributed by atoms with E-state index >= 15 is 0 Å². The van der Waals surface area contributed by atoms with Crippen molar-refractivity contribution in [1.82, 2.24) is 19.5 Å². The zero-order valence-corrected chi connectivity index (χ0v) is 33.2. The van der Waals surface area contributed by atoms with Crippen LogP contribution in [0.15, 0.2) is 192 Å². The Morgan fingerprint density at radius 2 is 1.08 bits per heavy atom. The predicted octanol–water partition coefficient (Wildman–Crippen LogP) is 13.2. The van der Waals surface area contributed by atoms with Gasteiger partial charge in [0.05, 0.1) is 34.3 Å². The summed E-state index contributed by atoms with van der Waals surface area (Å²) in [4.78, 5) is 21.3. The first-order valence-corrected chi connectivity index (χ1v) is 20.8. The molecule has 2 aromatic heterocycles. The van der Waals surface area contributed by atoms with Crippen LogP contribution in [-0.4, -0.2) is 19.5 Å². The third kappa shape index (κ3) is 5.05. The van der Waals surface area contributed by atoms with Crippen LogP contribution in [0, 0.1) is 17.9 Å². The molecule has 12 rings (SSSR count). The van der Waals surface area contributed by atoms with Crippen molar-refractivity contribution in [2.45, 2.75) is 15.2 Å². The molecule has 8 aromatic carbocycles. The van der Waals surface area contributed by atoms with Gasteiger partial charge in [0.2, 0.25) is 0 Å². The molecule has 0 saturated carbocycles. The van der Waals surface area contributed by atoms with Crippen LogP contribution in [-0.2, 0) is 5.41 Å². The maximum atomic E-state index is 11.1. The van der Waals surface area contributed by atoms with Gasteiger partial charge < -0.3 is 4.57 Å². The summed E-state index contributed by atoms with van der Waals surface area (Å²) < 4.78 is 2.17. The first-order valence-electron chi connectivity index (χ1n) is 20.0. The molecule has 282 valence electrons. The molecule has 0 amide bonds. The van der Waals surface area contributed by atoms with Gasteiger partial charge in [-0.1, -0.05) is 151 Å². The van der Waals surface area contributed by atoms with E-state index < -0.39 is 5.41 Å². The van der Waals surface area contributed by atoms with Crippen LogP contribution in [0.1, 0.15) is 27.8 Å². The van der Waals surface area contributed by atoms with Crippen LogP contribution in [0.2, 0.25) is 0 Å². The van der Waals surface area contributed by atoms with Crippen molar-refractivity contribution in [2.75, 3.05) is 0 Å². The SMILES string of the molecule is [C-]#[N+]c1cc(-n2c3ccccc3c3cc4c(cc32)C2(c3ccccc3Sc3ccccc32)c2ccccc2-4)c(C#N)cc1-c1nc(-c2ccccc2)nc(-c2ccccc2)n1. The lowest BCUT2D eigenvalue weighted by atomic mass is 9.67. The summed E-state index contributed by atoms with van der Waals surface area (Å²) in [5.41, 5.74) is 12.2. The second kappa shape index (κ2) is 13.5. The van der Waals surface area contributed by atoms with E-state index in [1.54, 1.807) is 6.07 Å². The molecule has 1 aliphatic heterocycles. The highest BCUT2D eigenvalue weighted by molar-refractivity contribution is 7.99. The molecule has 3 heterocycles. The Morgan fingerprint density at radius 3 is 1.74 bits per heavy atom. The van der Waals surface area contributed by atoms with Crippen molar-refractivity contribution < 1.29 is 0 Å². The third-order valence-corrected chi connectivity index (χ3v) is 13.3. The smallest absolute Gasteiger partial charge is 0.200 e. The highest BCUT2D eigenvalue weighted by Crippen LogP contribution is 2.63. The molecule has 2 aliphatic rings. The summed E-state index contributed by atoms with van der Waals surface area (Å²) in [5, 5.41) is 13.2. The lowest BCUT2D eigenvalue weighted by Gasteiger charge is -2.39. The van der Waals surface area contributed by atoms with Crippen LogP contribution in [0.3, 0.4) is 0 Å². The van der Waals surface area contributed by atoms with Gasteiger partial charge in [-0.2, -0.15) is 5.26 Å². The summed E-state index contributed by atoms with van der Waals surface area (Å²) in [6, 6.07) is 65.1. The van der Waals surface area contributed by atoms with Crippen molar-refractivity contribution in [1.29, 1.82) is 5.26 Å². The van der Waals surface area contributed by atoms with E-state index in [9.17, 15) is 5.26 Å². The van der Waals surface area contributed by atoms with Gasteiger partial charge in [0, 0.05) is 37.3 Å². The topological polar surface area (TPSA) is 71.8 Å². The highest BCUT2D eigenvalue weighted by atomic mass is 32.2. The Bertz CT molecular complexity index is 3440. The molecule has 0 radical (unpaired) electrons. The van der Waals surface area contributed by atoms with Gasteiger partial charge >= 0.3 is 0 Å². The summed E-state index contributed by atoms with van der Waals surface area (Å²) in [5.74, 6) is 1.30. The van der Waals surface area contributed by atoms with Gasteiger partial charge in [0.1, 0.15) is 6.07 Å². The fourth-order valence-corrected chi connectivity index (χ4v) is 10.8. The van der Waals surface area contributed by atoms with Crippen molar-refractivity contribution in [3.8, 4) is 57.0 Å². The average molecular weight is 795 g/mol. The molecule has 0 fully saturated rings. The molecule has 0 bridgehead atoms. The number of para-hydroxylation sites is 1. The van der Waals surface area contributed by atoms with Gasteiger partial charge in [0.15, 0.2) is 23.2 Å². The first kappa shape index (κ1) is 34.9. The number of fused-ring (bicyclic) bond motifs is 12. The van der Waals surface area contributed by atoms with E-state index in [-0.39, 0.29) is 0 Å². The van der Waals surface area contributed by atoms with Crippen molar-refractivity contribution in [2.24, 2.45) is 0 Å². The Balaban J connectivity index is 1.14. The standard InChI is InChI=1S/C54H30N6S/c1-56-45-31-47(35(32-55)28-40(45)53-58-51(33-16-4-2-5-17-33)57-52(59-53)34-18-6-3-7-19-34)60-46-25-13-9-21-37(46)39-29-38-36-20-8-10-22-41(36)54(44(38)30-48(39)60)42-23-11-14-26-49(42)61-50-27-15-12-24-43(50)54/h2-31H. The second-order valence-electron chi connectivity index (χ2n) is 15.3. The zero-order valence-electron chi connectivity index (χ0n) is 32.4. The van der Waals surface area contributed by atoms with E-state index in [4.69, 9.17) is 21.5 Å². The average Bonchev–Trinajstić information content (AvgIpc) is 3.80. The Morgan fingerprint density at radius 1 is 0.508 bits per heavy atom. The van der Waals surface area contributed by atoms with Gasteiger partial charge in [-0.3, -0.25) is 0 Å². The fourth-order valence-electron chi connectivity index (χ4n) is 9.63. The maximum absolute atomic E-state index is 11.1. The van der Waals surface area contributed by atoms with E-state index in [0.717, 1.165) is 32.9 Å². The second-order valence-corrected chi connectivity index (χ2v) is 16.4. The Hall–Kier alpha value is -8.10. The number of nitrogens with zero attached hydrogens (tertiary/aromatic N) is 6. The van der Waals surface area contributed by atoms with Crippen LogP contribution in [0.25, 0.3) is 77.6 Å². The molecule has 0 unspecified atom stereocenters. The monoisotopic (exact) mass is 794 g/mol. The summed E-state index contributed by atoms with van der Waals surface area (Å²) in [7, 11) is 0. The maximum Gasteiger partial charge on any atom is 0.200 e. The quantitative estimate of drug-likeness (QED) is 0.166. The van der Waals surface area contributed by atoms with Crippen LogP contribution in [0.5, 0.6) is 0 Å². The molecule has 61 heavy (non-hydrogen) atoms. The van der Waals surface area contributed by atoms with Crippen molar-refractivity contribution in [3.05, 3.63) is 221 Å². The number of nitriles is 1. The molecular formula is C54H30N6S. The molecule has 0 saturated heterocycles. The molecule has 0 atom stereocenters. The molecule has 10 aromatic rings. The number of rotatable bonds is 4. The lowest BCUT2D eigenvalue weighted by molar-refractivity contribution is 0.723. The van der Waals surface area contributed by atoms with Gasteiger partial charge in [-0.05, 0) is 75.8 Å². The molecule has 6 nitrogen and oxygen atoms in total. The van der Waals surface area contributed by atoms with Crippen LogP contribution < -0.4 is 0 Å². The Labute approximate surface area is 355 Å². The third-order valence-electron chi connectivity index (χ3n) is 12.2. The Kier molecular flexibility index (Phi) is 7.71. The highest BCUT2D eigenvalue weighted by Gasteiger charge is 2.50. The van der Waals surface area contributed by atoms with Crippen LogP contribution in [0.4, 0.5) is 5.69 Å². The first-order chi connectivity index (χ1) is 30.1. The lowest BCUT2D eigenvalue weighted by Crippen LogP contribution is -2.31. The minimum atomic E-state index is -0.574. The zero-order chi connectivity index (χ0) is 40.7. The summed E-state index contributed by atoms with van der Waals surface area (Å²) >= 11 is 1.82. The van der Waals surface area contributed by atoms with E-state index in [1.165, 1.54) is 43.2 Å². The predicted molar refractivity (Wildman–Crippen MR) is 243 cm³/mol. The number of benzene rings is 8. The van der Waals surface area contributed by atoms with Crippen molar-refractivity contribution in [3.63, 3.8) is 0 Å². The summed E-state index contributed by atoms with van der Waals surface area (Å²) in [6.45, 7) is 8.55. The molecular weight excluding hydrogens is 765 g/mol. The van der Waals surface area contributed by atoms with E-state index in [2.05, 4.69) is 119 Å². The molecule has 1 spiro atoms. The van der Waals surface area contributed by atoms with Crippen molar-refractivity contribution >= 4 is 39.3 Å². The number of hydrogen-bond donors (Lipinski definition) is 0. The normalized spacial score (nSPS) is 13.0. The van der Waals surface area contributed by atoms with Gasteiger partial charge in [0.25, 0.3) is 0 Å². The van der Waals surface area contributed by atoms with Gasteiger partial charge in [-0.15, -0.1) is 0 Å². The number of aromatic nitrogens is 4. The molecule has 7 heteroatoms. The summed E-state index contributed by atoms with van der Waals surface area (Å²) in [6.07, 6.45) is 0. The number of hydrogen-bond acceptors (Lipinski definition) is 5. The molecule has 1 aliphatic carbocycles. The molecule has 0 N–H and O–H groups in total. The minimum Gasteiger partial charge on any atom is -0.309 e.